The van der Waals surface area contributed by atoms with Gasteiger partial charge in [-0.3, -0.25) is 0 Å². The molecular weight excluding hydrogens is 222 g/mol. The van der Waals surface area contributed by atoms with Gasteiger partial charge in [-0.25, -0.2) is 0 Å². The molecule has 0 aliphatic carbocycles. The van der Waals surface area contributed by atoms with Crippen LogP contribution in [0.4, 0.5) is 0 Å². The van der Waals surface area contributed by atoms with Crippen molar-refractivity contribution in [3.63, 3.8) is 0 Å². The summed E-state index contributed by atoms with van der Waals surface area (Å²) in [6, 6.07) is 2.29. The second-order valence-corrected chi connectivity index (χ2v) is 3.99. The summed E-state index contributed by atoms with van der Waals surface area (Å²) >= 11 is 5.21. The van der Waals surface area contributed by atoms with E-state index in [1.54, 1.807) is 0 Å². The Hall–Kier alpha value is -0.860. The van der Waals surface area contributed by atoms with Gasteiger partial charge in [0, 0.05) is 32.8 Å². The van der Waals surface area contributed by atoms with E-state index >= 15 is 0 Å². The molecule has 0 aromatic heterocycles. The molecule has 1 atom stereocenters. The van der Waals surface area contributed by atoms with Gasteiger partial charge < -0.3 is 15.0 Å². The lowest BCUT2D eigenvalue weighted by molar-refractivity contribution is 0.145. The standard InChI is InChI=1S/C11H21N3OS/c1-4-15-9-5-8-13-11(16)14(3)10(2)6-7-12/h10H,4-6,8-9H2,1-3H3,(H,13,16). The van der Waals surface area contributed by atoms with Gasteiger partial charge in [0.15, 0.2) is 5.11 Å². The molecule has 1 N–H and O–H groups in total. The normalized spacial score (nSPS) is 11.6. The number of nitrogens with one attached hydrogen (secondary N) is 1. The fourth-order valence-electron chi connectivity index (χ4n) is 1.11. The van der Waals surface area contributed by atoms with Gasteiger partial charge in [0.1, 0.15) is 0 Å². The fraction of sp³-hybridized carbons (Fsp3) is 0.818. The predicted molar refractivity (Wildman–Crippen MR) is 69.2 cm³/mol. The van der Waals surface area contributed by atoms with Gasteiger partial charge in [-0.05, 0) is 32.5 Å². The number of hydrogen-bond donors (Lipinski definition) is 1. The highest BCUT2D eigenvalue weighted by molar-refractivity contribution is 7.80. The van der Waals surface area contributed by atoms with Crippen molar-refractivity contribution in [1.29, 1.82) is 5.26 Å². The Morgan fingerprint density at radius 3 is 2.88 bits per heavy atom. The molecule has 0 aliphatic rings. The van der Waals surface area contributed by atoms with E-state index in [1.807, 2.05) is 25.8 Å². The molecule has 0 aliphatic heterocycles. The third-order valence-electron chi connectivity index (χ3n) is 2.31. The third-order valence-corrected chi connectivity index (χ3v) is 2.75. The summed E-state index contributed by atoms with van der Waals surface area (Å²) in [5, 5.41) is 12.4. The molecule has 0 amide bonds. The molecule has 0 bridgehead atoms. The van der Waals surface area contributed by atoms with Gasteiger partial charge in [-0.1, -0.05) is 0 Å². The van der Waals surface area contributed by atoms with Gasteiger partial charge in [-0.2, -0.15) is 5.26 Å². The van der Waals surface area contributed by atoms with Crippen LogP contribution in [0.15, 0.2) is 0 Å². The van der Waals surface area contributed by atoms with E-state index in [1.165, 1.54) is 0 Å². The topological polar surface area (TPSA) is 48.3 Å². The largest absolute Gasteiger partial charge is 0.382 e. The highest BCUT2D eigenvalue weighted by atomic mass is 32.1. The van der Waals surface area contributed by atoms with E-state index < -0.39 is 0 Å². The van der Waals surface area contributed by atoms with Crippen LogP contribution in [-0.4, -0.2) is 42.9 Å². The minimum Gasteiger partial charge on any atom is -0.382 e. The van der Waals surface area contributed by atoms with E-state index in [4.69, 9.17) is 22.2 Å². The van der Waals surface area contributed by atoms with Crippen LogP contribution in [-0.2, 0) is 4.74 Å². The first kappa shape index (κ1) is 15.1. The van der Waals surface area contributed by atoms with E-state index in [0.717, 1.165) is 26.2 Å². The van der Waals surface area contributed by atoms with Crippen LogP contribution in [0.2, 0.25) is 0 Å². The van der Waals surface area contributed by atoms with Crippen molar-refractivity contribution in [2.75, 3.05) is 26.8 Å². The molecule has 5 heteroatoms. The number of nitriles is 1. The predicted octanol–water partition coefficient (Wildman–Crippen LogP) is 1.52. The molecule has 16 heavy (non-hydrogen) atoms. The van der Waals surface area contributed by atoms with Crippen LogP contribution in [0.3, 0.4) is 0 Å². The maximum atomic E-state index is 8.58. The summed E-state index contributed by atoms with van der Waals surface area (Å²) in [7, 11) is 1.90. The first-order valence-corrected chi connectivity index (χ1v) is 5.99. The number of hydrogen-bond acceptors (Lipinski definition) is 3. The number of ether oxygens (including phenoxy) is 1. The summed E-state index contributed by atoms with van der Waals surface area (Å²) < 4.78 is 5.22. The van der Waals surface area contributed by atoms with Crippen molar-refractivity contribution in [3.8, 4) is 6.07 Å². The Morgan fingerprint density at radius 2 is 2.31 bits per heavy atom. The van der Waals surface area contributed by atoms with Crippen molar-refractivity contribution in [1.82, 2.24) is 10.2 Å². The quantitative estimate of drug-likeness (QED) is 0.543. The van der Waals surface area contributed by atoms with Crippen LogP contribution in [0.1, 0.15) is 26.7 Å². The zero-order valence-electron chi connectivity index (χ0n) is 10.3. The molecule has 4 nitrogen and oxygen atoms in total. The lowest BCUT2D eigenvalue weighted by Crippen LogP contribution is -2.42. The lowest BCUT2D eigenvalue weighted by Gasteiger charge is -2.26. The summed E-state index contributed by atoms with van der Waals surface area (Å²) in [6.45, 7) is 6.28. The molecular formula is C11H21N3OS. The highest BCUT2D eigenvalue weighted by Crippen LogP contribution is 2.00. The first-order valence-electron chi connectivity index (χ1n) is 5.58. The zero-order chi connectivity index (χ0) is 12.4. The highest BCUT2D eigenvalue weighted by Gasteiger charge is 2.11. The van der Waals surface area contributed by atoms with Crippen LogP contribution >= 0.6 is 12.2 Å². The molecule has 0 saturated carbocycles. The molecule has 0 saturated heterocycles. The maximum absolute atomic E-state index is 8.58. The summed E-state index contributed by atoms with van der Waals surface area (Å²) in [5.74, 6) is 0. The van der Waals surface area contributed by atoms with Gasteiger partial charge in [0.05, 0.1) is 12.5 Å². The molecule has 0 radical (unpaired) electrons. The minimum absolute atomic E-state index is 0.150. The van der Waals surface area contributed by atoms with Gasteiger partial charge in [0.25, 0.3) is 0 Å². The van der Waals surface area contributed by atoms with Gasteiger partial charge in [-0.15, -0.1) is 0 Å². The maximum Gasteiger partial charge on any atom is 0.168 e. The molecule has 0 aromatic rings. The van der Waals surface area contributed by atoms with Gasteiger partial charge in [0.2, 0.25) is 0 Å². The van der Waals surface area contributed by atoms with E-state index in [2.05, 4.69) is 11.4 Å². The molecule has 0 rings (SSSR count). The molecule has 0 spiro atoms. The minimum atomic E-state index is 0.150. The third kappa shape index (κ3) is 6.59. The molecule has 1 unspecified atom stereocenters. The smallest absolute Gasteiger partial charge is 0.168 e. The van der Waals surface area contributed by atoms with Crippen molar-refractivity contribution < 1.29 is 4.74 Å². The van der Waals surface area contributed by atoms with Crippen LogP contribution < -0.4 is 5.32 Å². The summed E-state index contributed by atoms with van der Waals surface area (Å²) in [4.78, 5) is 1.92. The average Bonchev–Trinajstić information content (AvgIpc) is 2.27. The van der Waals surface area contributed by atoms with Gasteiger partial charge >= 0.3 is 0 Å². The van der Waals surface area contributed by atoms with Crippen molar-refractivity contribution in [3.05, 3.63) is 0 Å². The summed E-state index contributed by atoms with van der Waals surface area (Å²) in [6.07, 6.45) is 1.42. The Balaban J connectivity index is 3.67. The number of thiocarbonyl (C=S) groups is 1. The second-order valence-electron chi connectivity index (χ2n) is 3.60. The van der Waals surface area contributed by atoms with Crippen LogP contribution in [0.25, 0.3) is 0 Å². The zero-order valence-corrected chi connectivity index (χ0v) is 11.1. The van der Waals surface area contributed by atoms with E-state index in [0.29, 0.717) is 11.5 Å². The molecule has 92 valence electrons. The number of nitrogens with zero attached hydrogens (tertiary/aromatic N) is 2. The van der Waals surface area contributed by atoms with Crippen molar-refractivity contribution in [2.24, 2.45) is 0 Å². The monoisotopic (exact) mass is 243 g/mol. The van der Waals surface area contributed by atoms with Crippen molar-refractivity contribution >= 4 is 17.3 Å². The van der Waals surface area contributed by atoms with Crippen LogP contribution in [0, 0.1) is 11.3 Å². The Morgan fingerprint density at radius 1 is 1.62 bits per heavy atom. The molecule has 0 fully saturated rings. The Labute approximate surface area is 104 Å². The Bertz CT molecular complexity index is 240. The van der Waals surface area contributed by atoms with Crippen molar-refractivity contribution in [2.45, 2.75) is 32.7 Å². The van der Waals surface area contributed by atoms with Crippen LogP contribution in [0.5, 0.6) is 0 Å². The molecule has 0 heterocycles. The molecule has 0 aromatic carbocycles. The fourth-order valence-corrected chi connectivity index (χ4v) is 1.39. The number of rotatable bonds is 7. The SMILES string of the molecule is CCOCCCNC(=S)N(C)C(C)CC#N. The average molecular weight is 243 g/mol. The second kappa shape index (κ2) is 9.37. The first-order chi connectivity index (χ1) is 7.63. The summed E-state index contributed by atoms with van der Waals surface area (Å²) in [5.41, 5.74) is 0. The lowest BCUT2D eigenvalue weighted by atomic mass is 10.2. The van der Waals surface area contributed by atoms with E-state index in [-0.39, 0.29) is 6.04 Å². The van der Waals surface area contributed by atoms with E-state index in [9.17, 15) is 0 Å². The Kier molecular flexibility index (Phi) is 8.87.